The predicted molar refractivity (Wildman–Crippen MR) is 50.6 cm³/mol. The van der Waals surface area contributed by atoms with Crippen molar-refractivity contribution in [3.8, 4) is 0 Å². The van der Waals surface area contributed by atoms with E-state index in [0.717, 1.165) is 0 Å². The van der Waals surface area contributed by atoms with Crippen molar-refractivity contribution in [3.05, 3.63) is 21.1 Å². The van der Waals surface area contributed by atoms with E-state index in [1.165, 1.54) is 14.2 Å². The van der Waals surface area contributed by atoms with Gasteiger partial charge < -0.3 is 0 Å². The first-order chi connectivity index (χ1) is 6.69. The Labute approximate surface area is 88.1 Å². The van der Waals surface area contributed by atoms with Gasteiger partial charge in [-0.3, -0.25) is 0 Å². The number of hydrogen-bond donors (Lipinski definition) is 0. The van der Waals surface area contributed by atoms with Gasteiger partial charge in [0, 0.05) is 0 Å². The van der Waals surface area contributed by atoms with Crippen molar-refractivity contribution in [1.29, 1.82) is 0 Å². The maximum absolute atomic E-state index is 11.2. The summed E-state index contributed by atoms with van der Waals surface area (Å²) in [4.78, 5) is 22.3. The zero-order valence-corrected chi connectivity index (χ0v) is 9.62. The van der Waals surface area contributed by atoms with Crippen LogP contribution in [0.15, 0.2) is 21.1 Å². The van der Waals surface area contributed by atoms with E-state index in [9.17, 15) is 9.59 Å². The summed E-state index contributed by atoms with van der Waals surface area (Å²) in [6.07, 6.45) is 4.13. The van der Waals surface area contributed by atoms with Crippen molar-refractivity contribution in [2.45, 2.75) is 6.42 Å². The summed E-state index contributed by atoms with van der Waals surface area (Å²) in [5.74, 6) is -0.723. The van der Waals surface area contributed by atoms with Gasteiger partial charge in [-0.1, -0.05) is 0 Å². The first-order valence-electron chi connectivity index (χ1n) is 3.94. The number of esters is 2. The number of allylic oxidation sites excluding steroid dienone is 2. The van der Waals surface area contributed by atoms with Gasteiger partial charge in [0.2, 0.25) is 0 Å². The summed E-state index contributed by atoms with van der Waals surface area (Å²) < 4.78 is 10.3. The Hall–Kier alpha value is -1.06. The molecular formula is C9H10O4Se. The average Bonchev–Trinajstić information content (AvgIpc) is 2.27. The summed E-state index contributed by atoms with van der Waals surface area (Å²) in [6, 6.07) is 0. The molecule has 1 aliphatic rings. The van der Waals surface area contributed by atoms with Crippen LogP contribution >= 0.6 is 0 Å². The van der Waals surface area contributed by atoms with Gasteiger partial charge in [0.25, 0.3) is 0 Å². The van der Waals surface area contributed by atoms with Crippen LogP contribution in [-0.4, -0.2) is 41.1 Å². The Morgan fingerprint density at radius 2 is 1.57 bits per heavy atom. The van der Waals surface area contributed by atoms with Gasteiger partial charge in [-0.25, -0.2) is 0 Å². The van der Waals surface area contributed by atoms with Gasteiger partial charge >= 0.3 is 87.7 Å². The standard InChI is InChI=1S/C9H10O4Se/c1-12-8(10)6-4-3-5-7(14-6)9(11)13-2/h4-5H,3H2,1-2H3. The maximum atomic E-state index is 11.2. The van der Waals surface area contributed by atoms with Crippen LogP contribution in [0.2, 0.25) is 0 Å². The number of ether oxygens (including phenoxy) is 2. The van der Waals surface area contributed by atoms with Crippen LogP contribution in [0.1, 0.15) is 6.42 Å². The number of carbonyl (C=O) groups excluding carboxylic acids is 2. The Morgan fingerprint density at radius 1 is 1.14 bits per heavy atom. The van der Waals surface area contributed by atoms with Crippen molar-refractivity contribution in [3.63, 3.8) is 0 Å². The summed E-state index contributed by atoms with van der Waals surface area (Å²) in [5, 5.41) is 0. The fourth-order valence-electron chi connectivity index (χ4n) is 0.926. The fourth-order valence-corrected chi connectivity index (χ4v) is 2.88. The van der Waals surface area contributed by atoms with Crippen molar-refractivity contribution in [2.24, 2.45) is 0 Å². The third-order valence-corrected chi connectivity index (χ3v) is 3.92. The fraction of sp³-hybridized carbons (Fsp3) is 0.333. The molecule has 0 saturated carbocycles. The minimum atomic E-state index is -0.362. The minimum absolute atomic E-state index is 0.293. The van der Waals surface area contributed by atoms with Crippen LogP contribution in [0.25, 0.3) is 0 Å². The van der Waals surface area contributed by atoms with E-state index >= 15 is 0 Å². The molecule has 1 aliphatic heterocycles. The molecule has 4 nitrogen and oxygen atoms in total. The quantitative estimate of drug-likeness (QED) is 0.526. The number of hydrogen-bond acceptors (Lipinski definition) is 4. The van der Waals surface area contributed by atoms with Crippen LogP contribution in [-0.2, 0) is 19.1 Å². The molecule has 0 atom stereocenters. The average molecular weight is 261 g/mol. The van der Waals surface area contributed by atoms with E-state index in [2.05, 4.69) is 9.47 Å². The molecule has 1 rings (SSSR count). The molecule has 1 heterocycles. The Bertz CT molecular complexity index is 287. The molecule has 76 valence electrons. The van der Waals surface area contributed by atoms with Crippen molar-refractivity contribution < 1.29 is 19.1 Å². The summed E-state index contributed by atoms with van der Waals surface area (Å²) in [5.41, 5.74) is 0. The topological polar surface area (TPSA) is 52.6 Å². The normalized spacial score (nSPS) is 15.3. The molecule has 0 N–H and O–H groups in total. The van der Waals surface area contributed by atoms with Crippen LogP contribution in [0.5, 0.6) is 0 Å². The van der Waals surface area contributed by atoms with E-state index in [1.807, 2.05) is 0 Å². The van der Waals surface area contributed by atoms with Crippen molar-refractivity contribution in [2.75, 3.05) is 14.2 Å². The predicted octanol–water partition coefficient (Wildman–Crippen LogP) is 0.208. The molecule has 0 amide bonds. The van der Waals surface area contributed by atoms with Crippen LogP contribution in [0, 0.1) is 0 Å². The van der Waals surface area contributed by atoms with E-state index in [0.29, 0.717) is 15.4 Å². The first kappa shape index (κ1) is 11.0. The molecule has 0 fully saturated rings. The van der Waals surface area contributed by atoms with Crippen LogP contribution < -0.4 is 0 Å². The first-order valence-corrected chi connectivity index (χ1v) is 5.65. The molecule has 0 aliphatic carbocycles. The van der Waals surface area contributed by atoms with Gasteiger partial charge in [-0.15, -0.1) is 0 Å². The molecule has 0 aromatic rings. The van der Waals surface area contributed by atoms with Crippen LogP contribution in [0.3, 0.4) is 0 Å². The molecule has 0 saturated heterocycles. The Morgan fingerprint density at radius 3 is 1.93 bits per heavy atom. The third-order valence-electron chi connectivity index (χ3n) is 1.60. The molecule has 0 unspecified atom stereocenters. The summed E-state index contributed by atoms with van der Waals surface area (Å²) in [6.45, 7) is 0. The van der Waals surface area contributed by atoms with Crippen molar-refractivity contribution in [1.82, 2.24) is 0 Å². The van der Waals surface area contributed by atoms with Crippen molar-refractivity contribution >= 4 is 26.9 Å². The summed E-state index contributed by atoms with van der Waals surface area (Å²) in [7, 11) is 2.66. The van der Waals surface area contributed by atoms with E-state index in [-0.39, 0.29) is 26.9 Å². The Kier molecular flexibility index (Phi) is 3.92. The second-order valence-corrected chi connectivity index (χ2v) is 4.73. The molecular weight excluding hydrogens is 251 g/mol. The van der Waals surface area contributed by atoms with Gasteiger partial charge in [-0.2, -0.15) is 0 Å². The van der Waals surface area contributed by atoms with Crippen LogP contribution in [0.4, 0.5) is 0 Å². The van der Waals surface area contributed by atoms with E-state index in [4.69, 9.17) is 0 Å². The second-order valence-electron chi connectivity index (χ2n) is 2.46. The molecule has 0 bridgehead atoms. The van der Waals surface area contributed by atoms with Gasteiger partial charge in [0.1, 0.15) is 0 Å². The molecule has 0 aromatic carbocycles. The number of rotatable bonds is 2. The monoisotopic (exact) mass is 262 g/mol. The van der Waals surface area contributed by atoms with E-state index < -0.39 is 0 Å². The SMILES string of the molecule is COC(=O)C1=CCC=C(C(=O)OC)[Se]1. The number of carbonyl (C=O) groups is 2. The second kappa shape index (κ2) is 4.98. The van der Waals surface area contributed by atoms with Gasteiger partial charge in [-0.05, 0) is 0 Å². The molecule has 0 spiro atoms. The number of methoxy groups -OCH3 is 2. The Balaban J connectivity index is 2.68. The zero-order chi connectivity index (χ0) is 10.6. The molecule has 0 aromatic heterocycles. The molecule has 0 radical (unpaired) electrons. The summed E-state index contributed by atoms with van der Waals surface area (Å²) >= 11 is -0.293. The molecule has 5 heteroatoms. The van der Waals surface area contributed by atoms with Gasteiger partial charge in [0.05, 0.1) is 0 Å². The molecule has 14 heavy (non-hydrogen) atoms. The zero-order valence-electron chi connectivity index (χ0n) is 7.90. The van der Waals surface area contributed by atoms with Gasteiger partial charge in [0.15, 0.2) is 0 Å². The van der Waals surface area contributed by atoms with E-state index in [1.54, 1.807) is 12.2 Å². The third kappa shape index (κ3) is 2.46.